The zero-order valence-corrected chi connectivity index (χ0v) is 11.5. The van der Waals surface area contributed by atoms with Crippen LogP contribution in [0.3, 0.4) is 0 Å². The highest BCUT2D eigenvalue weighted by molar-refractivity contribution is 5.98. The number of nitrogens with zero attached hydrogens (tertiary/aromatic N) is 2. The Morgan fingerprint density at radius 2 is 2.19 bits per heavy atom. The van der Waals surface area contributed by atoms with Crippen LogP contribution in [0.2, 0.25) is 0 Å². The number of rotatable bonds is 4. The summed E-state index contributed by atoms with van der Waals surface area (Å²) < 4.78 is 5.11. The normalized spacial score (nSPS) is 10.8. The predicted molar refractivity (Wildman–Crippen MR) is 78.1 cm³/mol. The number of pyridine rings is 1. The molecule has 2 rings (SSSR count). The van der Waals surface area contributed by atoms with E-state index in [-0.39, 0.29) is 17.3 Å². The van der Waals surface area contributed by atoms with Crippen molar-refractivity contribution in [1.82, 2.24) is 10.3 Å². The second-order valence-electron chi connectivity index (χ2n) is 4.12. The maximum atomic E-state index is 11.3. The number of amides is 1. The smallest absolute Gasteiger partial charge is 0.313 e. The van der Waals surface area contributed by atoms with Crippen molar-refractivity contribution >= 4 is 28.6 Å². The summed E-state index contributed by atoms with van der Waals surface area (Å²) in [4.78, 5) is 25.9. The zero-order valence-electron chi connectivity index (χ0n) is 11.5. The van der Waals surface area contributed by atoms with Gasteiger partial charge >= 0.3 is 5.69 Å². The van der Waals surface area contributed by atoms with Gasteiger partial charge in [-0.3, -0.25) is 19.9 Å². The first-order valence-corrected chi connectivity index (χ1v) is 6.08. The van der Waals surface area contributed by atoms with Gasteiger partial charge in [-0.1, -0.05) is 0 Å². The minimum absolute atomic E-state index is 0.104. The Bertz CT molecular complexity index is 740. The van der Waals surface area contributed by atoms with Crippen LogP contribution in [0.4, 0.5) is 5.69 Å². The van der Waals surface area contributed by atoms with Crippen molar-refractivity contribution in [2.45, 2.75) is 0 Å². The van der Waals surface area contributed by atoms with Gasteiger partial charge in [-0.15, -0.1) is 0 Å². The van der Waals surface area contributed by atoms with E-state index in [0.717, 1.165) is 5.56 Å². The van der Waals surface area contributed by atoms with Crippen LogP contribution in [0, 0.1) is 10.1 Å². The highest BCUT2D eigenvalue weighted by atomic mass is 16.6. The Morgan fingerprint density at radius 3 is 2.81 bits per heavy atom. The van der Waals surface area contributed by atoms with E-state index in [4.69, 9.17) is 4.74 Å². The maximum Gasteiger partial charge on any atom is 0.313 e. The average molecular weight is 287 g/mol. The number of nitrogens with one attached hydrogen (secondary N) is 1. The molecule has 0 fully saturated rings. The molecule has 0 saturated heterocycles. The molecule has 7 nitrogen and oxygen atoms in total. The molecule has 2 aromatic rings. The van der Waals surface area contributed by atoms with E-state index in [2.05, 4.69) is 10.3 Å². The van der Waals surface area contributed by atoms with E-state index >= 15 is 0 Å². The Kier molecular flexibility index (Phi) is 4.13. The number of fused-ring (bicyclic) bond motifs is 1. The molecule has 0 bridgehead atoms. The average Bonchev–Trinajstić information content (AvgIpc) is 2.50. The summed E-state index contributed by atoms with van der Waals surface area (Å²) in [5.41, 5.74) is 0.951. The second kappa shape index (κ2) is 6.00. The van der Waals surface area contributed by atoms with Gasteiger partial charge in [0.1, 0.15) is 5.52 Å². The van der Waals surface area contributed by atoms with E-state index in [9.17, 15) is 14.9 Å². The molecule has 0 radical (unpaired) electrons. The first-order valence-electron chi connectivity index (χ1n) is 6.08. The number of nitro benzene ring substituents is 1. The lowest BCUT2D eigenvalue weighted by atomic mass is 10.1. The van der Waals surface area contributed by atoms with E-state index in [1.165, 1.54) is 32.5 Å². The largest absolute Gasteiger partial charge is 0.489 e. The van der Waals surface area contributed by atoms with Gasteiger partial charge in [-0.25, -0.2) is 0 Å². The lowest BCUT2D eigenvalue weighted by Gasteiger charge is -2.07. The van der Waals surface area contributed by atoms with E-state index < -0.39 is 4.92 Å². The number of benzene rings is 1. The van der Waals surface area contributed by atoms with Crippen molar-refractivity contribution in [3.63, 3.8) is 0 Å². The summed E-state index contributed by atoms with van der Waals surface area (Å²) in [5, 5.41) is 14.1. The fraction of sp³-hybridized carbons (Fsp3) is 0.143. The van der Waals surface area contributed by atoms with Crippen molar-refractivity contribution in [3.05, 3.63) is 46.1 Å². The predicted octanol–water partition coefficient (Wildman–Crippen LogP) is 1.91. The fourth-order valence-electron chi connectivity index (χ4n) is 1.94. The molecular weight excluding hydrogens is 274 g/mol. The number of carbonyl (C=O) groups excluding carboxylic acids is 1. The molecule has 0 saturated carbocycles. The molecule has 7 heteroatoms. The quantitative estimate of drug-likeness (QED) is 0.526. The van der Waals surface area contributed by atoms with Gasteiger partial charge in [-0.2, -0.15) is 0 Å². The van der Waals surface area contributed by atoms with Gasteiger partial charge < -0.3 is 10.1 Å². The van der Waals surface area contributed by atoms with Crippen LogP contribution in [0.1, 0.15) is 5.56 Å². The molecule has 0 aliphatic rings. The summed E-state index contributed by atoms with van der Waals surface area (Å²) in [7, 11) is 2.89. The monoisotopic (exact) mass is 287 g/mol. The van der Waals surface area contributed by atoms with Gasteiger partial charge in [0.25, 0.3) is 0 Å². The number of carbonyl (C=O) groups is 1. The van der Waals surface area contributed by atoms with Crippen LogP contribution >= 0.6 is 0 Å². The first-order chi connectivity index (χ1) is 10.1. The lowest BCUT2D eigenvalue weighted by molar-refractivity contribution is -0.385. The Balaban J connectivity index is 2.64. The number of nitro groups is 1. The minimum atomic E-state index is -0.521. The maximum absolute atomic E-state index is 11.3. The van der Waals surface area contributed by atoms with Crippen molar-refractivity contribution in [2.75, 3.05) is 14.2 Å². The van der Waals surface area contributed by atoms with Crippen LogP contribution < -0.4 is 10.1 Å². The molecule has 1 aromatic carbocycles. The molecule has 0 aliphatic carbocycles. The van der Waals surface area contributed by atoms with Crippen LogP contribution in [-0.4, -0.2) is 30.0 Å². The Labute approximate surface area is 120 Å². The number of ether oxygens (including phenoxy) is 1. The van der Waals surface area contributed by atoms with Crippen LogP contribution in [0.15, 0.2) is 30.5 Å². The molecule has 0 unspecified atom stereocenters. The summed E-state index contributed by atoms with van der Waals surface area (Å²) in [5.74, 6) is -0.137. The number of hydrogen-bond acceptors (Lipinski definition) is 5. The highest BCUT2D eigenvalue weighted by Crippen LogP contribution is 2.35. The minimum Gasteiger partial charge on any atom is -0.489 e. The molecular formula is C14H13N3O4. The molecule has 108 valence electrons. The van der Waals surface area contributed by atoms with Gasteiger partial charge in [0.15, 0.2) is 0 Å². The molecule has 1 aromatic heterocycles. The second-order valence-corrected chi connectivity index (χ2v) is 4.12. The summed E-state index contributed by atoms with van der Waals surface area (Å²) in [6.45, 7) is 0. The van der Waals surface area contributed by atoms with Gasteiger partial charge in [0.05, 0.1) is 12.0 Å². The van der Waals surface area contributed by atoms with E-state index in [1.807, 2.05) is 0 Å². The molecule has 21 heavy (non-hydrogen) atoms. The Hall–Kier alpha value is -2.96. The van der Waals surface area contributed by atoms with Gasteiger partial charge in [-0.05, 0) is 23.8 Å². The summed E-state index contributed by atoms with van der Waals surface area (Å²) in [6, 6.07) is 4.67. The number of aromatic nitrogens is 1. The number of hydrogen-bond donors (Lipinski definition) is 1. The zero-order chi connectivity index (χ0) is 15.4. The molecule has 1 N–H and O–H groups in total. The van der Waals surface area contributed by atoms with Gasteiger partial charge in [0.2, 0.25) is 11.7 Å². The molecule has 1 amide bonds. The van der Waals surface area contributed by atoms with Crippen molar-refractivity contribution < 1.29 is 14.5 Å². The third kappa shape index (κ3) is 2.81. The molecule has 0 spiro atoms. The summed E-state index contributed by atoms with van der Waals surface area (Å²) >= 11 is 0. The lowest BCUT2D eigenvalue weighted by Crippen LogP contribution is -2.13. The van der Waals surface area contributed by atoms with E-state index in [0.29, 0.717) is 10.9 Å². The standard InChI is InChI=1S/C14H13N3O4/c1-15-12(18)6-3-9-7-8-16-13-10(9)4-5-11(17(19)20)14(13)21-2/h3-8H,1-2H3,(H,15,18). The van der Waals surface area contributed by atoms with Crippen LogP contribution in [-0.2, 0) is 4.79 Å². The molecule has 1 heterocycles. The van der Waals surface area contributed by atoms with Crippen LogP contribution in [0.5, 0.6) is 5.75 Å². The van der Waals surface area contributed by atoms with Crippen LogP contribution in [0.25, 0.3) is 17.0 Å². The SMILES string of the molecule is CNC(=O)C=Cc1ccnc2c(OC)c([N+](=O)[O-])ccc12. The van der Waals surface area contributed by atoms with Crippen molar-refractivity contribution in [2.24, 2.45) is 0 Å². The van der Waals surface area contributed by atoms with E-state index in [1.54, 1.807) is 18.2 Å². The highest BCUT2D eigenvalue weighted by Gasteiger charge is 2.19. The van der Waals surface area contributed by atoms with Gasteiger partial charge in [0, 0.05) is 30.8 Å². The molecule has 0 aliphatic heterocycles. The third-order valence-corrected chi connectivity index (χ3v) is 2.94. The number of likely N-dealkylation sites (N-methyl/N-ethyl adjacent to an activating group) is 1. The first kappa shape index (κ1) is 14.4. The number of methoxy groups -OCH3 is 1. The third-order valence-electron chi connectivity index (χ3n) is 2.94. The fourth-order valence-corrected chi connectivity index (χ4v) is 1.94. The summed E-state index contributed by atoms with van der Waals surface area (Å²) in [6.07, 6.45) is 4.51. The molecule has 0 atom stereocenters. The Morgan fingerprint density at radius 1 is 1.43 bits per heavy atom. The van der Waals surface area contributed by atoms with Crippen molar-refractivity contribution in [1.29, 1.82) is 0 Å². The topological polar surface area (TPSA) is 94.4 Å². The van der Waals surface area contributed by atoms with Crippen molar-refractivity contribution in [3.8, 4) is 5.75 Å².